The molecule has 0 aliphatic rings. The Morgan fingerprint density at radius 2 is 2.31 bits per heavy atom. The molecule has 0 amide bonds. The van der Waals surface area contributed by atoms with E-state index in [2.05, 4.69) is 0 Å². The highest BCUT2D eigenvalue weighted by molar-refractivity contribution is 7.99. The van der Waals surface area contributed by atoms with Crippen LogP contribution in [-0.2, 0) is 14.3 Å². The molecule has 0 saturated carbocycles. The normalized spacial score (nSPS) is 12.5. The van der Waals surface area contributed by atoms with Gasteiger partial charge in [-0.2, -0.15) is 11.8 Å². The third kappa shape index (κ3) is 6.86. The minimum absolute atomic E-state index is 0.326. The Kier molecular flexibility index (Phi) is 8.18. The summed E-state index contributed by atoms with van der Waals surface area (Å²) in [5, 5.41) is 0. The molecule has 1 unspecified atom stereocenters. The number of thioether (sulfide) groups is 1. The molecular weight excluding hydrogens is 190 g/mol. The number of ether oxygens (including phenoxy) is 2. The van der Waals surface area contributed by atoms with Crippen molar-refractivity contribution in [2.45, 2.75) is 13.0 Å². The molecule has 0 aromatic carbocycles. The Labute approximate surface area is 83.1 Å². The zero-order valence-corrected chi connectivity index (χ0v) is 8.93. The van der Waals surface area contributed by atoms with Crippen LogP contribution >= 0.6 is 11.8 Å². The van der Waals surface area contributed by atoms with Crippen LogP contribution in [0.15, 0.2) is 0 Å². The first-order chi connectivity index (χ1) is 6.22. The SMILES string of the molecule is CCOC(=O)C(N)CSCCOC. The first kappa shape index (κ1) is 12.7. The largest absolute Gasteiger partial charge is 0.465 e. The number of carbonyl (C=O) groups is 1. The number of esters is 1. The van der Waals surface area contributed by atoms with Gasteiger partial charge in [-0.1, -0.05) is 0 Å². The predicted octanol–water partition coefficient (Wildman–Crippen LogP) is 0.256. The number of hydrogen-bond donors (Lipinski definition) is 1. The van der Waals surface area contributed by atoms with Gasteiger partial charge in [-0.25, -0.2) is 0 Å². The Balaban J connectivity index is 3.38. The van der Waals surface area contributed by atoms with Crippen molar-refractivity contribution in [3.05, 3.63) is 0 Å². The Hall–Kier alpha value is -0.260. The Morgan fingerprint density at radius 1 is 1.62 bits per heavy atom. The smallest absolute Gasteiger partial charge is 0.323 e. The zero-order valence-electron chi connectivity index (χ0n) is 8.12. The number of hydrogen-bond acceptors (Lipinski definition) is 5. The summed E-state index contributed by atoms with van der Waals surface area (Å²) in [6, 6.07) is -0.512. The fraction of sp³-hybridized carbons (Fsp3) is 0.875. The van der Waals surface area contributed by atoms with Crippen LogP contribution in [0.3, 0.4) is 0 Å². The standard InChI is InChI=1S/C8H17NO3S/c1-3-12-8(10)7(9)6-13-5-4-11-2/h7H,3-6,9H2,1-2H3. The maximum absolute atomic E-state index is 11.0. The Morgan fingerprint density at radius 3 is 2.85 bits per heavy atom. The highest BCUT2D eigenvalue weighted by Gasteiger charge is 2.13. The lowest BCUT2D eigenvalue weighted by Crippen LogP contribution is -2.34. The van der Waals surface area contributed by atoms with Gasteiger partial charge < -0.3 is 15.2 Å². The van der Waals surface area contributed by atoms with Crippen LogP contribution in [0.2, 0.25) is 0 Å². The van der Waals surface area contributed by atoms with Crippen molar-refractivity contribution in [2.24, 2.45) is 5.73 Å². The van der Waals surface area contributed by atoms with Gasteiger partial charge in [-0.3, -0.25) is 4.79 Å². The van der Waals surface area contributed by atoms with E-state index >= 15 is 0 Å². The lowest BCUT2D eigenvalue weighted by Gasteiger charge is -2.09. The highest BCUT2D eigenvalue weighted by Crippen LogP contribution is 2.02. The van der Waals surface area contributed by atoms with E-state index in [0.717, 1.165) is 5.75 Å². The van der Waals surface area contributed by atoms with Crippen LogP contribution in [0.4, 0.5) is 0 Å². The number of carbonyl (C=O) groups excluding carboxylic acids is 1. The summed E-state index contributed by atoms with van der Waals surface area (Å²) < 4.78 is 9.61. The van der Waals surface area contributed by atoms with Gasteiger partial charge in [0.1, 0.15) is 6.04 Å². The molecular formula is C8H17NO3S. The minimum atomic E-state index is -0.512. The van der Waals surface area contributed by atoms with Gasteiger partial charge in [0.05, 0.1) is 13.2 Å². The maximum Gasteiger partial charge on any atom is 0.323 e. The van der Waals surface area contributed by atoms with Crippen LogP contribution in [-0.4, -0.2) is 43.8 Å². The van der Waals surface area contributed by atoms with E-state index in [-0.39, 0.29) is 5.97 Å². The van der Waals surface area contributed by atoms with Crippen molar-refractivity contribution in [1.29, 1.82) is 0 Å². The van der Waals surface area contributed by atoms with E-state index in [0.29, 0.717) is 19.0 Å². The average molecular weight is 207 g/mol. The molecule has 2 N–H and O–H groups in total. The molecule has 4 nitrogen and oxygen atoms in total. The van der Waals surface area contributed by atoms with Crippen molar-refractivity contribution in [3.63, 3.8) is 0 Å². The molecule has 0 aliphatic carbocycles. The summed E-state index contributed by atoms with van der Waals surface area (Å²) in [6.07, 6.45) is 0. The van der Waals surface area contributed by atoms with Crippen molar-refractivity contribution >= 4 is 17.7 Å². The van der Waals surface area contributed by atoms with Gasteiger partial charge in [0.15, 0.2) is 0 Å². The van der Waals surface area contributed by atoms with Gasteiger partial charge in [0, 0.05) is 18.6 Å². The second kappa shape index (κ2) is 8.34. The molecule has 0 aromatic rings. The first-order valence-corrected chi connectivity index (χ1v) is 5.36. The van der Waals surface area contributed by atoms with Gasteiger partial charge >= 0.3 is 5.97 Å². The fourth-order valence-corrected chi connectivity index (χ4v) is 1.51. The van der Waals surface area contributed by atoms with Crippen molar-refractivity contribution in [3.8, 4) is 0 Å². The third-order valence-electron chi connectivity index (χ3n) is 1.32. The van der Waals surface area contributed by atoms with Gasteiger partial charge in [-0.05, 0) is 6.92 Å². The molecule has 0 aliphatic heterocycles. The first-order valence-electron chi connectivity index (χ1n) is 4.21. The highest BCUT2D eigenvalue weighted by atomic mass is 32.2. The van der Waals surface area contributed by atoms with Gasteiger partial charge in [0.2, 0.25) is 0 Å². The lowest BCUT2D eigenvalue weighted by atomic mass is 10.4. The van der Waals surface area contributed by atoms with Crippen molar-refractivity contribution < 1.29 is 14.3 Å². The summed E-state index contributed by atoms with van der Waals surface area (Å²) in [5.41, 5.74) is 5.55. The van der Waals surface area contributed by atoms with E-state index < -0.39 is 6.04 Å². The monoisotopic (exact) mass is 207 g/mol. The number of methoxy groups -OCH3 is 1. The molecule has 0 spiro atoms. The molecule has 0 heterocycles. The summed E-state index contributed by atoms with van der Waals surface area (Å²) in [6.45, 7) is 2.83. The van der Waals surface area contributed by atoms with E-state index in [4.69, 9.17) is 15.2 Å². The summed E-state index contributed by atoms with van der Waals surface area (Å²) >= 11 is 1.59. The van der Waals surface area contributed by atoms with E-state index in [1.807, 2.05) is 0 Å². The topological polar surface area (TPSA) is 61.5 Å². The molecule has 0 saturated heterocycles. The van der Waals surface area contributed by atoms with Crippen LogP contribution in [0.1, 0.15) is 6.92 Å². The van der Waals surface area contributed by atoms with Crippen LogP contribution in [0.5, 0.6) is 0 Å². The number of rotatable bonds is 7. The quantitative estimate of drug-likeness (QED) is 0.479. The van der Waals surface area contributed by atoms with Crippen LogP contribution < -0.4 is 5.73 Å². The maximum atomic E-state index is 11.0. The van der Waals surface area contributed by atoms with Crippen molar-refractivity contribution in [2.75, 3.05) is 31.8 Å². The molecule has 13 heavy (non-hydrogen) atoms. The molecule has 0 fully saturated rings. The van der Waals surface area contributed by atoms with E-state index in [9.17, 15) is 4.79 Å². The Bertz CT molecular complexity index is 143. The van der Waals surface area contributed by atoms with E-state index in [1.165, 1.54) is 0 Å². The molecule has 5 heteroatoms. The molecule has 0 bridgehead atoms. The second-order valence-electron chi connectivity index (χ2n) is 2.43. The summed E-state index contributed by atoms with van der Waals surface area (Å²) in [4.78, 5) is 11.0. The van der Waals surface area contributed by atoms with Crippen molar-refractivity contribution in [1.82, 2.24) is 0 Å². The second-order valence-corrected chi connectivity index (χ2v) is 3.58. The summed E-state index contributed by atoms with van der Waals surface area (Å²) in [7, 11) is 1.64. The van der Waals surface area contributed by atoms with Gasteiger partial charge in [0.25, 0.3) is 0 Å². The van der Waals surface area contributed by atoms with Crippen LogP contribution in [0.25, 0.3) is 0 Å². The molecule has 78 valence electrons. The van der Waals surface area contributed by atoms with Crippen LogP contribution in [0, 0.1) is 0 Å². The molecule has 1 atom stereocenters. The predicted molar refractivity (Wildman–Crippen MR) is 53.8 cm³/mol. The summed E-state index contributed by atoms with van der Waals surface area (Å²) in [5.74, 6) is 1.11. The molecule has 0 rings (SSSR count). The zero-order chi connectivity index (χ0) is 10.1. The average Bonchev–Trinajstić information content (AvgIpc) is 2.12. The lowest BCUT2D eigenvalue weighted by molar-refractivity contribution is -0.144. The molecule has 0 radical (unpaired) electrons. The fourth-order valence-electron chi connectivity index (χ4n) is 0.670. The minimum Gasteiger partial charge on any atom is -0.465 e. The molecule has 0 aromatic heterocycles. The van der Waals surface area contributed by atoms with Gasteiger partial charge in [-0.15, -0.1) is 0 Å². The van der Waals surface area contributed by atoms with E-state index in [1.54, 1.807) is 25.8 Å². The third-order valence-corrected chi connectivity index (χ3v) is 2.37. The number of nitrogens with two attached hydrogens (primary N) is 1.